The Labute approximate surface area is 130 Å². The van der Waals surface area contributed by atoms with Crippen LogP contribution in [0.15, 0.2) is 24.5 Å². The summed E-state index contributed by atoms with van der Waals surface area (Å²) in [5.74, 6) is 1.48. The van der Waals surface area contributed by atoms with Crippen LogP contribution in [-0.2, 0) is 6.54 Å². The van der Waals surface area contributed by atoms with Crippen LogP contribution in [0.5, 0.6) is 0 Å². The van der Waals surface area contributed by atoms with Gasteiger partial charge >= 0.3 is 0 Å². The summed E-state index contributed by atoms with van der Waals surface area (Å²) >= 11 is 0. The molecule has 0 spiro atoms. The van der Waals surface area contributed by atoms with E-state index in [4.69, 9.17) is 0 Å². The maximum absolute atomic E-state index is 4.27. The van der Waals surface area contributed by atoms with Gasteiger partial charge in [0.1, 0.15) is 0 Å². The van der Waals surface area contributed by atoms with Gasteiger partial charge < -0.3 is 5.32 Å². The summed E-state index contributed by atoms with van der Waals surface area (Å²) in [5, 5.41) is 3.77. The quantitative estimate of drug-likeness (QED) is 0.871. The summed E-state index contributed by atoms with van der Waals surface area (Å²) in [6.45, 7) is 12.6. The van der Waals surface area contributed by atoms with Crippen molar-refractivity contribution in [1.29, 1.82) is 0 Å². The standard InChI is InChI=1S/C18H31N3/c1-5-15(4)18-11-20-17(9-14(2)3)13-21(18)12-16-7-6-8-19-10-16/h6-8,10,14-15,17-18,20H,5,9,11-13H2,1-4H3. The van der Waals surface area contributed by atoms with E-state index in [0.29, 0.717) is 12.1 Å². The normalized spacial score (nSPS) is 25.2. The monoisotopic (exact) mass is 289 g/mol. The van der Waals surface area contributed by atoms with Gasteiger partial charge in [-0.25, -0.2) is 0 Å². The lowest BCUT2D eigenvalue weighted by molar-refractivity contribution is 0.0786. The Bertz CT molecular complexity index is 404. The Hall–Kier alpha value is -0.930. The molecular weight excluding hydrogens is 258 g/mol. The molecule has 0 saturated carbocycles. The van der Waals surface area contributed by atoms with Gasteiger partial charge in [-0.15, -0.1) is 0 Å². The van der Waals surface area contributed by atoms with Crippen LogP contribution >= 0.6 is 0 Å². The third-order valence-corrected chi connectivity index (χ3v) is 4.70. The topological polar surface area (TPSA) is 28.2 Å². The summed E-state index contributed by atoms with van der Waals surface area (Å²) in [6.07, 6.45) is 6.36. The molecule has 0 amide bonds. The van der Waals surface area contributed by atoms with Crippen molar-refractivity contribution in [2.75, 3.05) is 13.1 Å². The van der Waals surface area contributed by atoms with E-state index in [0.717, 1.165) is 31.5 Å². The molecule has 3 nitrogen and oxygen atoms in total. The van der Waals surface area contributed by atoms with Crippen molar-refractivity contribution in [2.45, 2.75) is 59.2 Å². The van der Waals surface area contributed by atoms with Gasteiger partial charge in [-0.1, -0.05) is 40.2 Å². The molecule has 3 unspecified atom stereocenters. The lowest BCUT2D eigenvalue weighted by Gasteiger charge is -2.43. The lowest BCUT2D eigenvalue weighted by Crippen LogP contribution is -2.58. The fraction of sp³-hybridized carbons (Fsp3) is 0.722. The smallest absolute Gasteiger partial charge is 0.0312 e. The van der Waals surface area contributed by atoms with Gasteiger partial charge in [-0.05, 0) is 29.9 Å². The molecule has 1 N–H and O–H groups in total. The maximum atomic E-state index is 4.27. The van der Waals surface area contributed by atoms with Crippen LogP contribution in [0.3, 0.4) is 0 Å². The van der Waals surface area contributed by atoms with Gasteiger partial charge in [-0.2, -0.15) is 0 Å². The molecule has 0 aromatic carbocycles. The second kappa shape index (κ2) is 7.90. The zero-order valence-corrected chi connectivity index (χ0v) is 14.0. The molecule has 0 radical (unpaired) electrons. The van der Waals surface area contributed by atoms with Gasteiger partial charge in [0, 0.05) is 44.1 Å². The Morgan fingerprint density at radius 1 is 1.38 bits per heavy atom. The predicted molar refractivity (Wildman–Crippen MR) is 89.1 cm³/mol. The number of hydrogen-bond acceptors (Lipinski definition) is 3. The molecule has 1 aliphatic heterocycles. The van der Waals surface area contributed by atoms with E-state index in [9.17, 15) is 0 Å². The minimum Gasteiger partial charge on any atom is -0.311 e. The Morgan fingerprint density at radius 2 is 2.19 bits per heavy atom. The van der Waals surface area contributed by atoms with E-state index >= 15 is 0 Å². The molecule has 3 heteroatoms. The van der Waals surface area contributed by atoms with Crippen molar-refractivity contribution < 1.29 is 0 Å². The van der Waals surface area contributed by atoms with Crippen LogP contribution < -0.4 is 5.32 Å². The van der Waals surface area contributed by atoms with Crippen molar-refractivity contribution >= 4 is 0 Å². The summed E-state index contributed by atoms with van der Waals surface area (Å²) in [7, 11) is 0. The molecule has 21 heavy (non-hydrogen) atoms. The molecule has 2 rings (SSSR count). The second-order valence-corrected chi connectivity index (χ2v) is 6.98. The van der Waals surface area contributed by atoms with E-state index in [1.54, 1.807) is 0 Å². The van der Waals surface area contributed by atoms with E-state index in [1.165, 1.54) is 18.4 Å². The van der Waals surface area contributed by atoms with Gasteiger partial charge in [0.15, 0.2) is 0 Å². The van der Waals surface area contributed by atoms with E-state index in [1.807, 2.05) is 18.5 Å². The molecule has 3 atom stereocenters. The summed E-state index contributed by atoms with van der Waals surface area (Å²) in [4.78, 5) is 6.94. The maximum Gasteiger partial charge on any atom is 0.0312 e. The molecule has 118 valence electrons. The molecule has 0 bridgehead atoms. The zero-order valence-electron chi connectivity index (χ0n) is 14.0. The average molecular weight is 289 g/mol. The van der Waals surface area contributed by atoms with Crippen LogP contribution in [0.25, 0.3) is 0 Å². The van der Waals surface area contributed by atoms with Crippen molar-refractivity contribution in [1.82, 2.24) is 15.2 Å². The molecule has 0 aliphatic carbocycles. The average Bonchev–Trinajstić information content (AvgIpc) is 2.47. The highest BCUT2D eigenvalue weighted by Crippen LogP contribution is 2.22. The first-order valence-corrected chi connectivity index (χ1v) is 8.46. The minimum atomic E-state index is 0.627. The minimum absolute atomic E-state index is 0.627. The summed E-state index contributed by atoms with van der Waals surface area (Å²) < 4.78 is 0. The van der Waals surface area contributed by atoms with Crippen molar-refractivity contribution in [2.24, 2.45) is 11.8 Å². The fourth-order valence-electron chi connectivity index (χ4n) is 3.37. The highest BCUT2D eigenvalue weighted by molar-refractivity contribution is 5.09. The van der Waals surface area contributed by atoms with E-state index in [2.05, 4.69) is 49.0 Å². The van der Waals surface area contributed by atoms with Crippen molar-refractivity contribution in [3.8, 4) is 0 Å². The summed E-state index contributed by atoms with van der Waals surface area (Å²) in [6, 6.07) is 5.50. The molecule has 1 aromatic heterocycles. The number of piperazine rings is 1. The number of nitrogens with one attached hydrogen (secondary N) is 1. The van der Waals surface area contributed by atoms with Gasteiger partial charge in [0.2, 0.25) is 0 Å². The Balaban J connectivity index is 2.05. The SMILES string of the molecule is CCC(C)C1CNC(CC(C)C)CN1Cc1cccnc1. The highest BCUT2D eigenvalue weighted by Gasteiger charge is 2.30. The van der Waals surface area contributed by atoms with Crippen LogP contribution in [0, 0.1) is 11.8 Å². The molecule has 1 aromatic rings. The molecule has 1 fully saturated rings. The van der Waals surface area contributed by atoms with Crippen LogP contribution in [0.4, 0.5) is 0 Å². The zero-order chi connectivity index (χ0) is 15.2. The van der Waals surface area contributed by atoms with Crippen LogP contribution in [0.2, 0.25) is 0 Å². The first-order valence-electron chi connectivity index (χ1n) is 8.46. The number of aromatic nitrogens is 1. The lowest BCUT2D eigenvalue weighted by atomic mass is 9.92. The number of nitrogens with zero attached hydrogens (tertiary/aromatic N) is 2. The first kappa shape index (κ1) is 16.4. The Morgan fingerprint density at radius 3 is 2.81 bits per heavy atom. The van der Waals surface area contributed by atoms with Gasteiger partial charge in [-0.3, -0.25) is 9.88 Å². The fourth-order valence-corrected chi connectivity index (χ4v) is 3.37. The van der Waals surface area contributed by atoms with Crippen LogP contribution in [-0.4, -0.2) is 35.1 Å². The number of hydrogen-bond donors (Lipinski definition) is 1. The number of rotatable bonds is 6. The van der Waals surface area contributed by atoms with E-state index < -0.39 is 0 Å². The second-order valence-electron chi connectivity index (χ2n) is 6.98. The Kier molecular flexibility index (Phi) is 6.19. The van der Waals surface area contributed by atoms with Crippen molar-refractivity contribution in [3.05, 3.63) is 30.1 Å². The number of pyridine rings is 1. The first-order chi connectivity index (χ1) is 10.1. The molecule has 2 heterocycles. The third-order valence-electron chi connectivity index (χ3n) is 4.70. The molecule has 1 saturated heterocycles. The molecular formula is C18H31N3. The van der Waals surface area contributed by atoms with Crippen molar-refractivity contribution in [3.63, 3.8) is 0 Å². The molecule has 1 aliphatic rings. The highest BCUT2D eigenvalue weighted by atomic mass is 15.2. The van der Waals surface area contributed by atoms with Crippen LogP contribution in [0.1, 0.15) is 46.1 Å². The summed E-state index contributed by atoms with van der Waals surface area (Å²) in [5.41, 5.74) is 1.33. The van der Waals surface area contributed by atoms with Gasteiger partial charge in [0.05, 0.1) is 0 Å². The van der Waals surface area contributed by atoms with E-state index in [-0.39, 0.29) is 0 Å². The third kappa shape index (κ3) is 4.79. The largest absolute Gasteiger partial charge is 0.311 e. The van der Waals surface area contributed by atoms with Gasteiger partial charge in [0.25, 0.3) is 0 Å². The predicted octanol–water partition coefficient (Wildman–Crippen LogP) is 3.32.